The zero-order valence-corrected chi connectivity index (χ0v) is 12.5. The van der Waals surface area contributed by atoms with Crippen LogP contribution in [-0.2, 0) is 16.1 Å². The molecular formula is C17H22N2O2. The van der Waals surface area contributed by atoms with E-state index >= 15 is 0 Å². The molecule has 0 radical (unpaired) electrons. The zero-order valence-electron chi connectivity index (χ0n) is 12.5. The van der Waals surface area contributed by atoms with Gasteiger partial charge in [0.15, 0.2) is 6.10 Å². The predicted molar refractivity (Wildman–Crippen MR) is 81.5 cm³/mol. The number of hydrogen-bond donors (Lipinski definition) is 0. The van der Waals surface area contributed by atoms with Gasteiger partial charge in [-0.15, -0.1) is 0 Å². The van der Waals surface area contributed by atoms with Gasteiger partial charge < -0.3 is 9.64 Å². The molecule has 1 aromatic rings. The van der Waals surface area contributed by atoms with Crippen LogP contribution >= 0.6 is 0 Å². The monoisotopic (exact) mass is 286 g/mol. The van der Waals surface area contributed by atoms with Gasteiger partial charge in [0.05, 0.1) is 5.76 Å². The first-order valence-electron chi connectivity index (χ1n) is 7.59. The average molecular weight is 286 g/mol. The molecule has 112 valence electrons. The van der Waals surface area contributed by atoms with Crippen LogP contribution in [0.1, 0.15) is 18.4 Å². The topological polar surface area (TPSA) is 32.8 Å². The van der Waals surface area contributed by atoms with E-state index in [0.29, 0.717) is 0 Å². The lowest BCUT2D eigenvalue weighted by molar-refractivity contribution is -0.134. The molecular weight excluding hydrogens is 264 g/mol. The van der Waals surface area contributed by atoms with Crippen LogP contribution in [0.4, 0.5) is 0 Å². The van der Waals surface area contributed by atoms with Crippen molar-refractivity contribution in [1.29, 1.82) is 0 Å². The number of hydrogen-bond acceptors (Lipinski definition) is 3. The van der Waals surface area contributed by atoms with Crippen molar-refractivity contribution in [2.24, 2.45) is 0 Å². The first-order valence-corrected chi connectivity index (χ1v) is 7.59. The van der Waals surface area contributed by atoms with E-state index in [4.69, 9.17) is 4.74 Å². The van der Waals surface area contributed by atoms with Crippen molar-refractivity contribution in [3.05, 3.63) is 47.7 Å². The van der Waals surface area contributed by atoms with Crippen LogP contribution in [0, 0.1) is 0 Å². The molecule has 0 bridgehead atoms. The summed E-state index contributed by atoms with van der Waals surface area (Å²) in [4.78, 5) is 16.0. The lowest BCUT2D eigenvalue weighted by atomic mass is 10.1. The summed E-state index contributed by atoms with van der Waals surface area (Å²) in [5.41, 5.74) is 1.34. The van der Waals surface area contributed by atoms with Crippen LogP contribution in [0.15, 0.2) is 42.2 Å². The Morgan fingerprint density at radius 1 is 1.24 bits per heavy atom. The standard InChI is InChI=1S/C17H22N2O2/c1-18-10-9-16(17(18)20)21-15-7-11-19(12-8-15)13-14-5-3-2-4-6-14/h2-7,16H,8-13H2,1H3. The van der Waals surface area contributed by atoms with Gasteiger partial charge in [-0.05, 0) is 11.6 Å². The van der Waals surface area contributed by atoms with Crippen LogP contribution in [-0.4, -0.2) is 48.5 Å². The lowest BCUT2D eigenvalue weighted by Gasteiger charge is -2.27. The Bertz CT molecular complexity index is 527. The first kappa shape index (κ1) is 14.1. The van der Waals surface area contributed by atoms with Crippen molar-refractivity contribution in [2.45, 2.75) is 25.5 Å². The minimum atomic E-state index is -0.262. The highest BCUT2D eigenvalue weighted by atomic mass is 16.5. The number of likely N-dealkylation sites (N-methyl/N-ethyl adjacent to an activating group) is 1. The van der Waals surface area contributed by atoms with Crippen LogP contribution in [0.5, 0.6) is 0 Å². The second-order valence-electron chi connectivity index (χ2n) is 5.80. The average Bonchev–Trinajstić information content (AvgIpc) is 2.82. The summed E-state index contributed by atoms with van der Waals surface area (Å²) in [6.45, 7) is 3.64. The highest BCUT2D eigenvalue weighted by Gasteiger charge is 2.31. The Morgan fingerprint density at radius 3 is 2.67 bits per heavy atom. The van der Waals surface area contributed by atoms with Crippen molar-refractivity contribution in [3.63, 3.8) is 0 Å². The Kier molecular flexibility index (Phi) is 4.25. The van der Waals surface area contributed by atoms with Gasteiger partial charge in [-0.3, -0.25) is 9.69 Å². The molecule has 0 aromatic heterocycles. The zero-order chi connectivity index (χ0) is 14.7. The lowest BCUT2D eigenvalue weighted by Crippen LogP contribution is -2.31. The number of carbonyl (C=O) groups is 1. The maximum absolute atomic E-state index is 11.8. The molecule has 0 aliphatic carbocycles. The van der Waals surface area contributed by atoms with Gasteiger partial charge in [0.1, 0.15) is 0 Å². The molecule has 1 amide bonds. The molecule has 1 atom stereocenters. The summed E-state index contributed by atoms with van der Waals surface area (Å²) in [6, 6.07) is 10.5. The van der Waals surface area contributed by atoms with Crippen molar-refractivity contribution >= 4 is 5.91 Å². The third kappa shape index (κ3) is 3.45. The molecule has 1 saturated heterocycles. The Balaban J connectivity index is 1.51. The summed E-state index contributed by atoms with van der Waals surface area (Å²) in [5.74, 6) is 1.09. The van der Waals surface area contributed by atoms with Gasteiger partial charge in [0.2, 0.25) is 0 Å². The third-order valence-electron chi connectivity index (χ3n) is 4.17. The quantitative estimate of drug-likeness (QED) is 0.849. The minimum absolute atomic E-state index is 0.114. The maximum Gasteiger partial charge on any atom is 0.263 e. The van der Waals surface area contributed by atoms with Crippen LogP contribution < -0.4 is 0 Å². The number of carbonyl (C=O) groups excluding carboxylic acids is 1. The summed E-state index contributed by atoms with van der Waals surface area (Å²) in [6.07, 6.45) is 3.56. The van der Waals surface area contributed by atoms with Crippen molar-refractivity contribution in [1.82, 2.24) is 9.80 Å². The normalized spacial score (nSPS) is 23.3. The van der Waals surface area contributed by atoms with E-state index in [2.05, 4.69) is 35.2 Å². The van der Waals surface area contributed by atoms with Crippen molar-refractivity contribution in [2.75, 3.05) is 26.7 Å². The second kappa shape index (κ2) is 6.31. The largest absolute Gasteiger partial charge is 0.485 e. The highest BCUT2D eigenvalue weighted by Crippen LogP contribution is 2.21. The van der Waals surface area contributed by atoms with Gasteiger partial charge in [-0.1, -0.05) is 30.3 Å². The SMILES string of the molecule is CN1CCC(OC2=CCN(Cc3ccccc3)CC2)C1=O. The van der Waals surface area contributed by atoms with Crippen LogP contribution in [0.2, 0.25) is 0 Å². The van der Waals surface area contributed by atoms with Crippen molar-refractivity contribution < 1.29 is 9.53 Å². The summed E-state index contributed by atoms with van der Waals surface area (Å²) < 4.78 is 5.88. The number of rotatable bonds is 4. The molecule has 0 N–H and O–H groups in total. The van der Waals surface area contributed by atoms with Gasteiger partial charge >= 0.3 is 0 Å². The first-order chi connectivity index (χ1) is 10.2. The Hall–Kier alpha value is -1.81. The molecule has 1 aromatic carbocycles. The highest BCUT2D eigenvalue weighted by molar-refractivity contribution is 5.82. The fraction of sp³-hybridized carbons (Fsp3) is 0.471. The Morgan fingerprint density at radius 2 is 2.05 bits per heavy atom. The van der Waals surface area contributed by atoms with Gasteiger partial charge in [0, 0.05) is 46.1 Å². The third-order valence-corrected chi connectivity index (χ3v) is 4.17. The van der Waals surface area contributed by atoms with Crippen LogP contribution in [0.25, 0.3) is 0 Å². The molecule has 21 heavy (non-hydrogen) atoms. The van der Waals surface area contributed by atoms with Crippen molar-refractivity contribution in [3.8, 4) is 0 Å². The molecule has 1 fully saturated rings. The van der Waals surface area contributed by atoms with E-state index in [1.165, 1.54) is 5.56 Å². The number of likely N-dealkylation sites (tertiary alicyclic amines) is 1. The molecule has 2 aliphatic rings. The molecule has 0 saturated carbocycles. The van der Waals surface area contributed by atoms with Gasteiger partial charge in [-0.2, -0.15) is 0 Å². The van der Waals surface area contributed by atoms with E-state index in [9.17, 15) is 4.79 Å². The van der Waals surface area contributed by atoms with E-state index in [1.807, 2.05) is 13.1 Å². The van der Waals surface area contributed by atoms with E-state index in [1.54, 1.807) is 4.90 Å². The molecule has 2 aliphatic heterocycles. The van der Waals surface area contributed by atoms with E-state index in [0.717, 1.165) is 44.8 Å². The number of nitrogens with zero attached hydrogens (tertiary/aromatic N) is 2. The fourth-order valence-electron chi connectivity index (χ4n) is 2.87. The fourth-order valence-corrected chi connectivity index (χ4v) is 2.87. The smallest absolute Gasteiger partial charge is 0.263 e. The molecule has 2 heterocycles. The molecule has 4 nitrogen and oxygen atoms in total. The van der Waals surface area contributed by atoms with E-state index in [-0.39, 0.29) is 12.0 Å². The number of benzene rings is 1. The number of amides is 1. The number of ether oxygens (including phenoxy) is 1. The summed E-state index contributed by atoms with van der Waals surface area (Å²) in [7, 11) is 1.84. The summed E-state index contributed by atoms with van der Waals surface area (Å²) in [5, 5.41) is 0. The second-order valence-corrected chi connectivity index (χ2v) is 5.80. The molecule has 3 rings (SSSR count). The van der Waals surface area contributed by atoms with Gasteiger partial charge in [-0.25, -0.2) is 0 Å². The Labute approximate surface area is 126 Å². The predicted octanol–water partition coefficient (Wildman–Crippen LogP) is 2.02. The van der Waals surface area contributed by atoms with E-state index < -0.39 is 0 Å². The molecule has 4 heteroatoms. The maximum atomic E-state index is 11.8. The summed E-state index contributed by atoms with van der Waals surface area (Å²) >= 11 is 0. The minimum Gasteiger partial charge on any atom is -0.485 e. The molecule has 0 spiro atoms. The van der Waals surface area contributed by atoms with Gasteiger partial charge in [0.25, 0.3) is 5.91 Å². The molecule has 1 unspecified atom stereocenters. The van der Waals surface area contributed by atoms with Crippen LogP contribution in [0.3, 0.4) is 0 Å².